The molecule has 4 amide bonds. The maximum absolute atomic E-state index is 12.8. The lowest BCUT2D eigenvalue weighted by Gasteiger charge is -2.22. The Morgan fingerprint density at radius 1 is 1.10 bits per heavy atom. The van der Waals surface area contributed by atoms with E-state index in [0.29, 0.717) is 10.7 Å². The van der Waals surface area contributed by atoms with Gasteiger partial charge >= 0.3 is 6.03 Å². The molecule has 1 unspecified atom stereocenters. The second-order valence-corrected chi connectivity index (χ2v) is 7.65. The molecule has 10 heteroatoms. The van der Waals surface area contributed by atoms with E-state index in [9.17, 15) is 14.4 Å². The molecule has 1 atom stereocenters. The van der Waals surface area contributed by atoms with Gasteiger partial charge in [-0.1, -0.05) is 60.3 Å². The third kappa shape index (κ3) is 3.64. The van der Waals surface area contributed by atoms with Crippen molar-refractivity contribution in [3.05, 3.63) is 72.6 Å². The first-order valence-electron chi connectivity index (χ1n) is 9.09. The van der Waals surface area contributed by atoms with E-state index in [1.807, 2.05) is 36.4 Å². The van der Waals surface area contributed by atoms with Crippen LogP contribution in [0.1, 0.15) is 12.5 Å². The molecule has 152 valence electrons. The largest absolute Gasteiger partial charge is 0.344 e. The molecule has 1 aliphatic rings. The summed E-state index contributed by atoms with van der Waals surface area (Å²) in [5.41, 5.74) is 2.63. The summed E-state index contributed by atoms with van der Waals surface area (Å²) in [5, 5.41) is 11.8. The number of hydrogen-bond acceptors (Lipinski definition) is 6. The Labute approximate surface area is 176 Å². The number of para-hydroxylation sites is 1. The van der Waals surface area contributed by atoms with Gasteiger partial charge in [0.05, 0.1) is 5.75 Å². The highest BCUT2D eigenvalue weighted by Gasteiger charge is 2.49. The first-order valence-corrected chi connectivity index (χ1v) is 10.1. The van der Waals surface area contributed by atoms with Gasteiger partial charge in [0.1, 0.15) is 11.9 Å². The summed E-state index contributed by atoms with van der Waals surface area (Å²) in [6, 6.07) is 17.6. The molecule has 2 N–H and O–H groups in total. The molecule has 1 saturated heterocycles. The molecule has 0 aliphatic carbocycles. The van der Waals surface area contributed by atoms with E-state index in [-0.39, 0.29) is 5.75 Å². The second kappa shape index (κ2) is 7.99. The second-order valence-electron chi connectivity index (χ2n) is 6.70. The molecule has 1 fully saturated rings. The summed E-state index contributed by atoms with van der Waals surface area (Å²) >= 11 is 1.15. The zero-order valence-corrected chi connectivity index (χ0v) is 16.8. The number of imide groups is 1. The van der Waals surface area contributed by atoms with Crippen molar-refractivity contribution < 1.29 is 14.4 Å². The summed E-state index contributed by atoms with van der Waals surface area (Å²) in [4.78, 5) is 37.6. The molecule has 0 bridgehead atoms. The van der Waals surface area contributed by atoms with Gasteiger partial charge in [-0.05, 0) is 24.6 Å². The van der Waals surface area contributed by atoms with Crippen LogP contribution in [0.4, 0.5) is 4.79 Å². The molecule has 0 saturated carbocycles. The number of hydrogen-bond donors (Lipinski definition) is 2. The van der Waals surface area contributed by atoms with Gasteiger partial charge in [-0.3, -0.25) is 19.6 Å². The summed E-state index contributed by atoms with van der Waals surface area (Å²) in [6.07, 6.45) is 1.55. The van der Waals surface area contributed by atoms with Gasteiger partial charge < -0.3 is 5.32 Å². The van der Waals surface area contributed by atoms with Gasteiger partial charge in [-0.2, -0.15) is 5.01 Å². The number of carbonyl (C=O) groups excluding carboxylic acids is 3. The van der Waals surface area contributed by atoms with E-state index in [1.165, 1.54) is 0 Å². The third-order valence-electron chi connectivity index (χ3n) is 4.66. The Bertz CT molecular complexity index is 1090. The van der Waals surface area contributed by atoms with Gasteiger partial charge in [0.2, 0.25) is 5.91 Å². The molecule has 2 heterocycles. The number of rotatable bonds is 6. The lowest BCUT2D eigenvalue weighted by Crippen LogP contribution is -2.48. The maximum atomic E-state index is 12.8. The fraction of sp³-hybridized carbons (Fsp3) is 0.150. The molecule has 4 rings (SSSR count). The van der Waals surface area contributed by atoms with Crippen LogP contribution in [0.3, 0.4) is 0 Å². The topological polar surface area (TPSA) is 109 Å². The lowest BCUT2D eigenvalue weighted by atomic mass is 9.92. The zero-order chi connectivity index (χ0) is 21.1. The Kier molecular flexibility index (Phi) is 5.23. The van der Waals surface area contributed by atoms with E-state index in [1.54, 1.807) is 42.1 Å². The minimum atomic E-state index is -1.24. The number of hydrazine groups is 1. The van der Waals surface area contributed by atoms with E-state index < -0.39 is 23.4 Å². The SMILES string of the molecule is CC1(c2ccccc2)NC(=O)N(NC(=O)CSc2nncn2-c2ccccc2)C1=O. The average Bonchev–Trinajstić information content (AvgIpc) is 3.32. The predicted molar refractivity (Wildman–Crippen MR) is 109 cm³/mol. The summed E-state index contributed by atoms with van der Waals surface area (Å²) in [7, 11) is 0. The number of thioether (sulfide) groups is 1. The van der Waals surface area contributed by atoms with Crippen LogP contribution in [0.5, 0.6) is 0 Å². The minimum absolute atomic E-state index is 0.0510. The van der Waals surface area contributed by atoms with E-state index in [0.717, 1.165) is 22.5 Å². The lowest BCUT2D eigenvalue weighted by molar-refractivity contribution is -0.138. The van der Waals surface area contributed by atoms with Crippen molar-refractivity contribution in [1.29, 1.82) is 0 Å². The number of amides is 4. The molecule has 1 aliphatic heterocycles. The maximum Gasteiger partial charge on any atom is 0.344 e. The highest BCUT2D eigenvalue weighted by Crippen LogP contribution is 2.27. The number of nitrogens with zero attached hydrogens (tertiary/aromatic N) is 4. The third-order valence-corrected chi connectivity index (χ3v) is 5.60. The summed E-state index contributed by atoms with van der Waals surface area (Å²) in [5.74, 6) is -1.11. The Morgan fingerprint density at radius 2 is 1.77 bits per heavy atom. The molecule has 2 aromatic carbocycles. The smallest absolute Gasteiger partial charge is 0.318 e. The van der Waals surface area contributed by atoms with E-state index in [4.69, 9.17) is 0 Å². The predicted octanol–water partition coefficient (Wildman–Crippen LogP) is 1.86. The number of urea groups is 1. The molecular formula is C20H18N6O3S. The van der Waals surface area contributed by atoms with Gasteiger partial charge in [-0.15, -0.1) is 10.2 Å². The number of carbonyl (C=O) groups is 3. The van der Waals surface area contributed by atoms with Crippen molar-refractivity contribution in [1.82, 2.24) is 30.5 Å². The normalized spacial score (nSPS) is 18.4. The van der Waals surface area contributed by atoms with Crippen molar-refractivity contribution in [2.24, 2.45) is 0 Å². The molecule has 3 aromatic rings. The van der Waals surface area contributed by atoms with Crippen LogP contribution in [0, 0.1) is 0 Å². The molecule has 9 nitrogen and oxygen atoms in total. The molecular weight excluding hydrogens is 404 g/mol. The van der Waals surface area contributed by atoms with Crippen LogP contribution in [0.25, 0.3) is 5.69 Å². The Hall–Kier alpha value is -3.66. The van der Waals surface area contributed by atoms with Crippen LogP contribution < -0.4 is 10.7 Å². The van der Waals surface area contributed by atoms with Gasteiger partial charge in [-0.25, -0.2) is 4.79 Å². The van der Waals surface area contributed by atoms with Gasteiger partial charge in [0.25, 0.3) is 5.91 Å². The first kappa shape index (κ1) is 19.6. The number of aromatic nitrogens is 3. The molecule has 0 radical (unpaired) electrons. The van der Waals surface area contributed by atoms with Crippen molar-refractivity contribution in [2.45, 2.75) is 17.6 Å². The highest BCUT2D eigenvalue weighted by molar-refractivity contribution is 7.99. The summed E-state index contributed by atoms with van der Waals surface area (Å²) < 4.78 is 1.75. The Morgan fingerprint density at radius 3 is 2.47 bits per heavy atom. The fourth-order valence-corrected chi connectivity index (χ4v) is 3.80. The van der Waals surface area contributed by atoms with Crippen molar-refractivity contribution in [2.75, 3.05) is 5.75 Å². The Balaban J connectivity index is 1.41. The van der Waals surface area contributed by atoms with Crippen LogP contribution >= 0.6 is 11.8 Å². The average molecular weight is 422 g/mol. The first-order chi connectivity index (χ1) is 14.5. The van der Waals surface area contributed by atoms with Crippen molar-refractivity contribution in [3.8, 4) is 5.69 Å². The molecule has 30 heavy (non-hydrogen) atoms. The quantitative estimate of drug-likeness (QED) is 0.464. The monoisotopic (exact) mass is 422 g/mol. The number of benzene rings is 2. The van der Waals surface area contributed by atoms with Crippen molar-refractivity contribution >= 4 is 29.6 Å². The highest BCUT2D eigenvalue weighted by atomic mass is 32.2. The molecule has 1 aromatic heterocycles. The van der Waals surface area contributed by atoms with E-state index in [2.05, 4.69) is 20.9 Å². The van der Waals surface area contributed by atoms with Crippen LogP contribution in [-0.2, 0) is 15.1 Å². The van der Waals surface area contributed by atoms with Crippen LogP contribution in [-0.4, -0.2) is 43.4 Å². The van der Waals surface area contributed by atoms with Crippen molar-refractivity contribution in [3.63, 3.8) is 0 Å². The van der Waals surface area contributed by atoms with Crippen LogP contribution in [0.15, 0.2) is 72.1 Å². The molecule has 0 spiro atoms. The van der Waals surface area contributed by atoms with E-state index >= 15 is 0 Å². The van der Waals surface area contributed by atoms with Gasteiger partial charge in [0, 0.05) is 5.69 Å². The van der Waals surface area contributed by atoms with Crippen LogP contribution in [0.2, 0.25) is 0 Å². The summed E-state index contributed by atoms with van der Waals surface area (Å²) in [6.45, 7) is 1.60. The van der Waals surface area contributed by atoms with Gasteiger partial charge in [0.15, 0.2) is 5.16 Å². The minimum Gasteiger partial charge on any atom is -0.318 e. The zero-order valence-electron chi connectivity index (χ0n) is 16.0. The standard InChI is InChI=1S/C20H18N6O3S/c1-20(14-8-4-2-5-9-14)17(28)26(18(29)22-20)24-16(27)12-30-19-23-21-13-25(19)15-10-6-3-7-11-15/h2-11,13H,12H2,1H3,(H,22,29)(H,24,27). The fourth-order valence-electron chi connectivity index (χ4n) is 3.08. The number of nitrogens with one attached hydrogen (secondary N) is 2.